The van der Waals surface area contributed by atoms with E-state index in [4.69, 9.17) is 10.5 Å². The van der Waals surface area contributed by atoms with Crippen LogP contribution in [-0.2, 0) is 4.74 Å². The van der Waals surface area contributed by atoms with Gasteiger partial charge in [0.15, 0.2) is 0 Å². The summed E-state index contributed by atoms with van der Waals surface area (Å²) in [5, 5.41) is 0. The van der Waals surface area contributed by atoms with E-state index >= 15 is 0 Å². The highest BCUT2D eigenvalue weighted by molar-refractivity contribution is 5.98. The van der Waals surface area contributed by atoms with Crippen molar-refractivity contribution >= 4 is 17.3 Å². The smallest absolute Gasteiger partial charge is 0.340 e. The first-order valence-electron chi connectivity index (χ1n) is 6.85. The van der Waals surface area contributed by atoms with Crippen LogP contribution in [0.1, 0.15) is 44.5 Å². The van der Waals surface area contributed by atoms with Crippen LogP contribution in [0.2, 0.25) is 0 Å². The van der Waals surface area contributed by atoms with E-state index < -0.39 is 0 Å². The Morgan fingerprint density at radius 3 is 2.58 bits per heavy atom. The molecule has 0 aromatic heterocycles. The zero-order valence-corrected chi connectivity index (χ0v) is 12.3. The lowest BCUT2D eigenvalue weighted by Gasteiger charge is -2.30. The summed E-state index contributed by atoms with van der Waals surface area (Å²) < 4.78 is 5.03. The molecule has 0 saturated heterocycles. The first kappa shape index (κ1) is 15.3. The van der Waals surface area contributed by atoms with E-state index in [9.17, 15) is 4.79 Å². The summed E-state index contributed by atoms with van der Waals surface area (Å²) in [4.78, 5) is 14.1. The molecule has 19 heavy (non-hydrogen) atoms. The van der Waals surface area contributed by atoms with Gasteiger partial charge < -0.3 is 15.4 Å². The van der Waals surface area contributed by atoms with Crippen LogP contribution in [-0.4, -0.2) is 25.2 Å². The molecule has 4 heteroatoms. The van der Waals surface area contributed by atoms with Crippen molar-refractivity contribution in [3.8, 4) is 0 Å². The number of anilines is 2. The maximum absolute atomic E-state index is 11.8. The molecule has 0 bridgehead atoms. The third-order valence-corrected chi connectivity index (χ3v) is 2.98. The summed E-state index contributed by atoms with van der Waals surface area (Å²) in [5.41, 5.74) is 7.99. The maximum Gasteiger partial charge on any atom is 0.340 e. The summed E-state index contributed by atoms with van der Waals surface area (Å²) in [6.45, 7) is 9.41. The number of hydrogen-bond acceptors (Lipinski definition) is 4. The molecule has 0 aliphatic heterocycles. The van der Waals surface area contributed by atoms with Gasteiger partial charge in [-0.2, -0.15) is 0 Å². The Kier molecular flexibility index (Phi) is 5.67. The van der Waals surface area contributed by atoms with Crippen molar-refractivity contribution in [1.29, 1.82) is 0 Å². The Labute approximate surface area is 115 Å². The predicted octanol–water partition coefficient (Wildman–Crippen LogP) is 3.07. The van der Waals surface area contributed by atoms with Crippen LogP contribution in [0.25, 0.3) is 0 Å². The number of hydrogen-bond donors (Lipinski definition) is 1. The standard InChI is InChI=1S/C15H24N2O2/c1-5-10-17(11(3)4)13-9-7-8-12(14(13)16)15(18)19-6-2/h7-9,11H,5-6,10,16H2,1-4H3. The molecule has 0 heterocycles. The minimum Gasteiger partial charge on any atom is -0.462 e. The summed E-state index contributed by atoms with van der Waals surface area (Å²) in [7, 11) is 0. The summed E-state index contributed by atoms with van der Waals surface area (Å²) in [6.07, 6.45) is 1.03. The molecule has 1 aromatic rings. The lowest BCUT2D eigenvalue weighted by atomic mass is 10.1. The average molecular weight is 264 g/mol. The molecule has 1 aromatic carbocycles. The number of benzene rings is 1. The van der Waals surface area contributed by atoms with Crippen molar-refractivity contribution in [2.24, 2.45) is 0 Å². The van der Waals surface area contributed by atoms with Crippen LogP contribution in [0, 0.1) is 0 Å². The van der Waals surface area contributed by atoms with E-state index in [0.29, 0.717) is 23.9 Å². The minimum absolute atomic E-state index is 0.333. The first-order chi connectivity index (χ1) is 9.02. The van der Waals surface area contributed by atoms with Gasteiger partial charge in [-0.3, -0.25) is 0 Å². The molecular formula is C15H24N2O2. The van der Waals surface area contributed by atoms with E-state index in [2.05, 4.69) is 25.7 Å². The Morgan fingerprint density at radius 1 is 1.37 bits per heavy atom. The van der Waals surface area contributed by atoms with E-state index in [1.807, 2.05) is 12.1 Å². The van der Waals surface area contributed by atoms with Gasteiger partial charge in [0.05, 0.1) is 23.5 Å². The zero-order chi connectivity index (χ0) is 14.4. The number of carbonyl (C=O) groups excluding carboxylic acids is 1. The minimum atomic E-state index is -0.359. The summed E-state index contributed by atoms with van der Waals surface area (Å²) in [5.74, 6) is -0.359. The molecule has 2 N–H and O–H groups in total. The van der Waals surface area contributed by atoms with Crippen LogP contribution in [0.4, 0.5) is 11.4 Å². The number of rotatable bonds is 6. The lowest BCUT2D eigenvalue weighted by Crippen LogP contribution is -2.32. The Hall–Kier alpha value is -1.71. The second-order valence-electron chi connectivity index (χ2n) is 4.75. The molecule has 0 atom stereocenters. The largest absolute Gasteiger partial charge is 0.462 e. The number of nitrogens with two attached hydrogens (primary N) is 1. The second-order valence-corrected chi connectivity index (χ2v) is 4.75. The highest BCUT2D eigenvalue weighted by atomic mass is 16.5. The van der Waals surface area contributed by atoms with Crippen molar-refractivity contribution in [1.82, 2.24) is 0 Å². The number of para-hydroxylation sites is 1. The molecule has 0 spiro atoms. The number of ether oxygens (including phenoxy) is 1. The fraction of sp³-hybridized carbons (Fsp3) is 0.533. The van der Waals surface area contributed by atoms with Crippen molar-refractivity contribution in [3.63, 3.8) is 0 Å². The Morgan fingerprint density at radius 2 is 2.05 bits per heavy atom. The number of nitrogen functional groups attached to an aromatic ring is 1. The molecule has 0 amide bonds. The molecule has 0 radical (unpaired) electrons. The normalized spacial score (nSPS) is 10.6. The zero-order valence-electron chi connectivity index (χ0n) is 12.3. The molecule has 0 unspecified atom stereocenters. The van der Waals surface area contributed by atoms with Gasteiger partial charge in [0.25, 0.3) is 0 Å². The molecule has 4 nitrogen and oxygen atoms in total. The number of nitrogens with zero attached hydrogens (tertiary/aromatic N) is 1. The SMILES string of the molecule is CCCN(c1cccc(C(=O)OCC)c1N)C(C)C. The van der Waals surface area contributed by atoms with Gasteiger partial charge in [0.1, 0.15) is 0 Å². The highest BCUT2D eigenvalue weighted by Gasteiger charge is 2.18. The fourth-order valence-electron chi connectivity index (χ4n) is 2.09. The lowest BCUT2D eigenvalue weighted by molar-refractivity contribution is 0.0527. The van der Waals surface area contributed by atoms with Gasteiger partial charge in [0.2, 0.25) is 0 Å². The van der Waals surface area contributed by atoms with E-state index in [1.165, 1.54) is 0 Å². The van der Waals surface area contributed by atoms with Gasteiger partial charge in [-0.25, -0.2) is 4.79 Å². The second kappa shape index (κ2) is 7.02. The van der Waals surface area contributed by atoms with Gasteiger partial charge in [0, 0.05) is 12.6 Å². The Balaban J connectivity index is 3.14. The highest BCUT2D eigenvalue weighted by Crippen LogP contribution is 2.28. The third kappa shape index (κ3) is 3.63. The van der Waals surface area contributed by atoms with Gasteiger partial charge in [-0.1, -0.05) is 13.0 Å². The van der Waals surface area contributed by atoms with Gasteiger partial charge in [-0.05, 0) is 39.3 Å². The molecular weight excluding hydrogens is 240 g/mol. The Bertz CT molecular complexity index is 430. The van der Waals surface area contributed by atoms with E-state index in [0.717, 1.165) is 18.7 Å². The molecule has 106 valence electrons. The van der Waals surface area contributed by atoms with E-state index in [-0.39, 0.29) is 5.97 Å². The molecule has 0 saturated carbocycles. The van der Waals surface area contributed by atoms with Crippen molar-refractivity contribution in [2.75, 3.05) is 23.8 Å². The van der Waals surface area contributed by atoms with Gasteiger partial charge >= 0.3 is 5.97 Å². The third-order valence-electron chi connectivity index (χ3n) is 2.98. The molecule has 1 rings (SSSR count). The van der Waals surface area contributed by atoms with Crippen LogP contribution in [0.5, 0.6) is 0 Å². The fourth-order valence-corrected chi connectivity index (χ4v) is 2.09. The first-order valence-corrected chi connectivity index (χ1v) is 6.85. The van der Waals surface area contributed by atoms with Crippen LogP contribution >= 0.6 is 0 Å². The van der Waals surface area contributed by atoms with E-state index in [1.54, 1.807) is 13.0 Å². The predicted molar refractivity (Wildman–Crippen MR) is 79.6 cm³/mol. The molecule has 0 aliphatic carbocycles. The van der Waals surface area contributed by atoms with Crippen molar-refractivity contribution in [3.05, 3.63) is 23.8 Å². The average Bonchev–Trinajstić information content (AvgIpc) is 2.36. The van der Waals surface area contributed by atoms with Gasteiger partial charge in [-0.15, -0.1) is 0 Å². The quantitative estimate of drug-likeness (QED) is 0.633. The monoisotopic (exact) mass is 264 g/mol. The number of carbonyl (C=O) groups is 1. The van der Waals surface area contributed by atoms with Crippen LogP contribution in [0.15, 0.2) is 18.2 Å². The summed E-state index contributed by atoms with van der Waals surface area (Å²) >= 11 is 0. The topological polar surface area (TPSA) is 55.6 Å². The van der Waals surface area contributed by atoms with Crippen molar-refractivity contribution < 1.29 is 9.53 Å². The van der Waals surface area contributed by atoms with Crippen molar-refractivity contribution in [2.45, 2.75) is 40.2 Å². The number of esters is 1. The molecule has 0 aliphatic rings. The van der Waals surface area contributed by atoms with Crippen LogP contribution in [0.3, 0.4) is 0 Å². The maximum atomic E-state index is 11.8. The molecule has 0 fully saturated rings. The summed E-state index contributed by atoms with van der Waals surface area (Å²) in [6, 6.07) is 5.84. The van der Waals surface area contributed by atoms with Crippen LogP contribution < -0.4 is 10.6 Å².